The van der Waals surface area contributed by atoms with E-state index in [0.717, 1.165) is 25.7 Å². The first kappa shape index (κ1) is 16.0. The van der Waals surface area contributed by atoms with Gasteiger partial charge in [0, 0.05) is 12.8 Å². The molecule has 2 aliphatic rings. The summed E-state index contributed by atoms with van der Waals surface area (Å²) in [7, 11) is 1.30. The first-order valence-electron chi connectivity index (χ1n) is 7.87. The number of imide groups is 1. The van der Waals surface area contributed by atoms with Crippen LogP contribution in [-0.4, -0.2) is 35.8 Å². The highest BCUT2D eigenvalue weighted by Crippen LogP contribution is 2.47. The summed E-state index contributed by atoms with van der Waals surface area (Å²) in [4.78, 5) is 38.3. The molecule has 21 heavy (non-hydrogen) atoms. The summed E-state index contributed by atoms with van der Waals surface area (Å²) in [5, 5.41) is 0. The van der Waals surface area contributed by atoms with Crippen molar-refractivity contribution >= 4 is 17.8 Å². The Hall–Kier alpha value is -1.39. The third-order valence-electron chi connectivity index (χ3n) is 5.16. The van der Waals surface area contributed by atoms with Crippen LogP contribution in [0.2, 0.25) is 0 Å². The molecule has 0 radical (unpaired) electrons. The summed E-state index contributed by atoms with van der Waals surface area (Å²) >= 11 is 0. The molecule has 1 spiro atoms. The molecule has 0 aromatic rings. The standard InChI is InChI=1S/C16H25NO4/c1-4-11(2)14(15(20)21-3)17-12(18)9-16(10-13(17)19)7-5-6-8-16/h11,14H,4-10H2,1-3H3. The summed E-state index contributed by atoms with van der Waals surface area (Å²) in [5.74, 6) is -0.996. The maximum absolute atomic E-state index is 12.5. The van der Waals surface area contributed by atoms with Crippen LogP contribution in [0.3, 0.4) is 0 Å². The predicted molar refractivity (Wildman–Crippen MR) is 77.2 cm³/mol. The lowest BCUT2D eigenvalue weighted by Gasteiger charge is -2.41. The van der Waals surface area contributed by atoms with Gasteiger partial charge in [-0.3, -0.25) is 14.5 Å². The van der Waals surface area contributed by atoms with Crippen LogP contribution in [0.25, 0.3) is 0 Å². The molecule has 5 nitrogen and oxygen atoms in total. The first-order valence-corrected chi connectivity index (χ1v) is 7.87. The largest absolute Gasteiger partial charge is 0.467 e. The predicted octanol–water partition coefficient (Wildman–Crippen LogP) is 2.28. The van der Waals surface area contributed by atoms with E-state index in [9.17, 15) is 14.4 Å². The molecule has 2 rings (SSSR count). The summed E-state index contributed by atoms with van der Waals surface area (Å²) in [6.07, 6.45) is 5.57. The van der Waals surface area contributed by atoms with Crippen LogP contribution in [0.4, 0.5) is 0 Å². The fourth-order valence-electron chi connectivity index (χ4n) is 3.74. The van der Waals surface area contributed by atoms with E-state index in [1.54, 1.807) is 0 Å². The molecule has 1 aliphatic carbocycles. The molecule has 1 saturated heterocycles. The van der Waals surface area contributed by atoms with E-state index in [1.807, 2.05) is 13.8 Å². The highest BCUT2D eigenvalue weighted by Gasteiger charge is 2.49. The molecule has 0 N–H and O–H groups in total. The Morgan fingerprint density at radius 2 is 1.76 bits per heavy atom. The van der Waals surface area contributed by atoms with Gasteiger partial charge in [-0.1, -0.05) is 33.1 Å². The van der Waals surface area contributed by atoms with Crippen LogP contribution >= 0.6 is 0 Å². The molecule has 2 atom stereocenters. The number of hydrogen-bond donors (Lipinski definition) is 0. The molecule has 1 aliphatic heterocycles. The molecule has 5 heteroatoms. The minimum Gasteiger partial charge on any atom is -0.467 e. The van der Waals surface area contributed by atoms with E-state index in [4.69, 9.17) is 4.74 Å². The molecule has 2 amide bonds. The first-order chi connectivity index (χ1) is 9.94. The highest BCUT2D eigenvalue weighted by molar-refractivity contribution is 6.02. The van der Waals surface area contributed by atoms with Gasteiger partial charge < -0.3 is 4.74 Å². The maximum Gasteiger partial charge on any atom is 0.329 e. The average Bonchev–Trinajstić information content (AvgIpc) is 2.88. The molecule has 2 unspecified atom stereocenters. The highest BCUT2D eigenvalue weighted by atomic mass is 16.5. The molecule has 0 aromatic carbocycles. The van der Waals surface area contributed by atoms with Gasteiger partial charge in [-0.15, -0.1) is 0 Å². The number of likely N-dealkylation sites (tertiary alicyclic amines) is 1. The zero-order chi connectivity index (χ0) is 15.6. The Kier molecular flexibility index (Phi) is 4.69. The number of carbonyl (C=O) groups is 3. The van der Waals surface area contributed by atoms with Crippen molar-refractivity contribution in [1.29, 1.82) is 0 Å². The Labute approximate surface area is 126 Å². The van der Waals surface area contributed by atoms with Gasteiger partial charge >= 0.3 is 5.97 Å². The Balaban J connectivity index is 2.23. The molecular formula is C16H25NO4. The number of carbonyl (C=O) groups excluding carboxylic acids is 3. The van der Waals surface area contributed by atoms with Crippen molar-refractivity contribution in [2.75, 3.05) is 7.11 Å². The number of hydrogen-bond acceptors (Lipinski definition) is 4. The van der Waals surface area contributed by atoms with Gasteiger partial charge in [-0.05, 0) is 24.2 Å². The van der Waals surface area contributed by atoms with Crippen LogP contribution < -0.4 is 0 Å². The molecule has 0 aromatic heterocycles. The number of nitrogens with zero attached hydrogens (tertiary/aromatic N) is 1. The van der Waals surface area contributed by atoms with Crippen LogP contribution in [0.15, 0.2) is 0 Å². The van der Waals surface area contributed by atoms with Gasteiger partial charge in [0.25, 0.3) is 0 Å². The fourth-order valence-corrected chi connectivity index (χ4v) is 3.74. The Morgan fingerprint density at radius 1 is 1.24 bits per heavy atom. The Bertz CT molecular complexity index is 420. The average molecular weight is 295 g/mol. The van der Waals surface area contributed by atoms with Crippen molar-refractivity contribution in [1.82, 2.24) is 4.90 Å². The minimum absolute atomic E-state index is 0.0945. The second-order valence-electron chi connectivity index (χ2n) is 6.57. The van der Waals surface area contributed by atoms with Gasteiger partial charge in [0.1, 0.15) is 6.04 Å². The number of esters is 1. The van der Waals surface area contributed by atoms with Crippen LogP contribution in [0, 0.1) is 11.3 Å². The lowest BCUT2D eigenvalue weighted by Crippen LogP contribution is -2.56. The van der Waals surface area contributed by atoms with E-state index in [2.05, 4.69) is 0 Å². The van der Waals surface area contributed by atoms with Crippen molar-refractivity contribution in [3.8, 4) is 0 Å². The Morgan fingerprint density at radius 3 is 2.19 bits per heavy atom. The summed E-state index contributed by atoms with van der Waals surface area (Å²) in [6, 6.07) is -0.779. The van der Waals surface area contributed by atoms with E-state index in [-0.39, 0.29) is 23.1 Å². The maximum atomic E-state index is 12.5. The fraction of sp³-hybridized carbons (Fsp3) is 0.812. The number of ether oxygens (including phenoxy) is 1. The second-order valence-corrected chi connectivity index (χ2v) is 6.57. The molecule has 0 bridgehead atoms. The zero-order valence-electron chi connectivity index (χ0n) is 13.2. The van der Waals surface area contributed by atoms with Gasteiger partial charge in [0.2, 0.25) is 11.8 Å². The molecular weight excluding hydrogens is 270 g/mol. The normalized spacial score (nSPS) is 24.2. The van der Waals surface area contributed by atoms with E-state index in [1.165, 1.54) is 12.0 Å². The molecule has 2 fully saturated rings. The van der Waals surface area contributed by atoms with Crippen molar-refractivity contribution in [2.24, 2.45) is 11.3 Å². The number of amides is 2. The van der Waals surface area contributed by atoms with Gasteiger partial charge in [0.05, 0.1) is 7.11 Å². The van der Waals surface area contributed by atoms with Crippen LogP contribution in [-0.2, 0) is 19.1 Å². The van der Waals surface area contributed by atoms with E-state index < -0.39 is 12.0 Å². The number of methoxy groups -OCH3 is 1. The molecule has 118 valence electrons. The lowest BCUT2D eigenvalue weighted by atomic mass is 9.75. The van der Waals surface area contributed by atoms with Crippen LogP contribution in [0.5, 0.6) is 0 Å². The van der Waals surface area contributed by atoms with Gasteiger partial charge in [0.15, 0.2) is 0 Å². The molecule has 1 heterocycles. The topological polar surface area (TPSA) is 63.7 Å². The van der Waals surface area contributed by atoms with Crippen molar-refractivity contribution in [3.05, 3.63) is 0 Å². The summed E-state index contributed by atoms with van der Waals surface area (Å²) in [5.41, 5.74) is -0.138. The van der Waals surface area contributed by atoms with Crippen molar-refractivity contribution < 1.29 is 19.1 Å². The number of piperidine rings is 1. The van der Waals surface area contributed by atoms with E-state index in [0.29, 0.717) is 19.3 Å². The minimum atomic E-state index is -0.779. The van der Waals surface area contributed by atoms with Crippen LogP contribution in [0.1, 0.15) is 58.8 Å². The third kappa shape index (κ3) is 2.97. The smallest absolute Gasteiger partial charge is 0.329 e. The zero-order valence-corrected chi connectivity index (χ0v) is 13.2. The third-order valence-corrected chi connectivity index (χ3v) is 5.16. The summed E-state index contributed by atoms with van der Waals surface area (Å²) in [6.45, 7) is 3.82. The van der Waals surface area contributed by atoms with E-state index >= 15 is 0 Å². The van der Waals surface area contributed by atoms with Gasteiger partial charge in [-0.2, -0.15) is 0 Å². The van der Waals surface area contributed by atoms with Gasteiger partial charge in [-0.25, -0.2) is 4.79 Å². The second kappa shape index (κ2) is 6.16. The quantitative estimate of drug-likeness (QED) is 0.589. The summed E-state index contributed by atoms with van der Waals surface area (Å²) < 4.78 is 4.82. The monoisotopic (exact) mass is 295 g/mol. The number of rotatable bonds is 4. The van der Waals surface area contributed by atoms with Crippen molar-refractivity contribution in [3.63, 3.8) is 0 Å². The lowest BCUT2D eigenvalue weighted by molar-refractivity contribution is -0.167. The SMILES string of the molecule is CCC(C)C(C(=O)OC)N1C(=O)CC2(CCCC2)CC1=O. The van der Waals surface area contributed by atoms with Crippen molar-refractivity contribution in [2.45, 2.75) is 64.8 Å². The molecule has 1 saturated carbocycles.